The van der Waals surface area contributed by atoms with Crippen molar-refractivity contribution in [2.24, 2.45) is 5.92 Å². The molecule has 142 valence electrons. The predicted octanol–water partition coefficient (Wildman–Crippen LogP) is 3.96. The van der Waals surface area contributed by atoms with Crippen molar-refractivity contribution in [2.75, 3.05) is 43.4 Å². The number of carbonyl (C=O) groups excluding carboxylic acids is 1. The van der Waals surface area contributed by atoms with Gasteiger partial charge in [0.25, 0.3) is 0 Å². The zero-order valence-electron chi connectivity index (χ0n) is 16.1. The summed E-state index contributed by atoms with van der Waals surface area (Å²) < 4.78 is 0. The lowest BCUT2D eigenvalue weighted by atomic mass is 9.91. The van der Waals surface area contributed by atoms with E-state index in [-0.39, 0.29) is 5.91 Å². The van der Waals surface area contributed by atoms with Gasteiger partial charge in [0.2, 0.25) is 5.91 Å². The van der Waals surface area contributed by atoms with E-state index < -0.39 is 0 Å². The summed E-state index contributed by atoms with van der Waals surface area (Å²) in [5.41, 5.74) is 3.42. The molecule has 1 N–H and O–H groups in total. The number of carbonyl (C=O) groups is 1. The molecule has 2 aliphatic rings. The van der Waals surface area contributed by atoms with Gasteiger partial charge in [0.05, 0.1) is 0 Å². The molecule has 4 heteroatoms. The van der Waals surface area contributed by atoms with Gasteiger partial charge in [0, 0.05) is 44.0 Å². The highest BCUT2D eigenvalue weighted by atomic mass is 16.1. The number of rotatable bonds is 6. The number of amides is 1. The van der Waals surface area contributed by atoms with Crippen LogP contribution in [0.15, 0.2) is 54.6 Å². The Kier molecular flexibility index (Phi) is 5.44. The first kappa shape index (κ1) is 18.1. The second-order valence-electron chi connectivity index (χ2n) is 7.94. The molecular formula is C23H29N3O. The van der Waals surface area contributed by atoms with Crippen molar-refractivity contribution in [2.45, 2.75) is 25.2 Å². The van der Waals surface area contributed by atoms with Crippen molar-refractivity contribution >= 4 is 17.3 Å². The van der Waals surface area contributed by atoms with Crippen LogP contribution in [0.25, 0.3) is 0 Å². The fraction of sp³-hybridized carbons (Fsp3) is 0.435. The third kappa shape index (κ3) is 4.69. The number of piperazine rings is 1. The van der Waals surface area contributed by atoms with Crippen LogP contribution >= 0.6 is 0 Å². The molecule has 4 rings (SSSR count). The van der Waals surface area contributed by atoms with Gasteiger partial charge in [-0.15, -0.1) is 0 Å². The van der Waals surface area contributed by atoms with E-state index in [1.54, 1.807) is 0 Å². The van der Waals surface area contributed by atoms with Gasteiger partial charge >= 0.3 is 0 Å². The first-order valence-corrected chi connectivity index (χ1v) is 10.1. The topological polar surface area (TPSA) is 35.6 Å². The molecule has 0 spiro atoms. The minimum atomic E-state index is 0.114. The summed E-state index contributed by atoms with van der Waals surface area (Å²) in [6.07, 6.45) is 3.05. The molecule has 1 unspecified atom stereocenters. The smallest absolute Gasteiger partial charge is 0.224 e. The number of hydrogen-bond donors (Lipinski definition) is 1. The maximum Gasteiger partial charge on any atom is 0.224 e. The lowest BCUT2D eigenvalue weighted by Crippen LogP contribution is -2.44. The zero-order valence-corrected chi connectivity index (χ0v) is 16.1. The van der Waals surface area contributed by atoms with Crippen LogP contribution in [0.2, 0.25) is 0 Å². The highest BCUT2D eigenvalue weighted by Gasteiger charge is 2.33. The standard InChI is InChI=1S/C23H29N3O/c1-25-13-15-26(16-14-25)21-11-9-20(10-12-21)24-23(27)17-22(19-7-8-19)18-5-3-2-4-6-18/h2-6,9-12,19,22H,7-8,13-17H2,1H3,(H,24,27). The number of hydrogen-bond acceptors (Lipinski definition) is 3. The highest BCUT2D eigenvalue weighted by molar-refractivity contribution is 5.91. The Bertz CT molecular complexity index is 747. The van der Waals surface area contributed by atoms with E-state index in [0.717, 1.165) is 31.9 Å². The third-order valence-electron chi connectivity index (χ3n) is 5.84. The van der Waals surface area contributed by atoms with Crippen LogP contribution in [0.1, 0.15) is 30.7 Å². The van der Waals surface area contributed by atoms with Gasteiger partial charge in [0.1, 0.15) is 0 Å². The third-order valence-corrected chi connectivity index (χ3v) is 5.84. The fourth-order valence-electron chi connectivity index (χ4n) is 3.99. The Hall–Kier alpha value is -2.33. The van der Waals surface area contributed by atoms with E-state index >= 15 is 0 Å². The Morgan fingerprint density at radius 3 is 2.30 bits per heavy atom. The normalized spacial score (nSPS) is 18.9. The Labute approximate surface area is 162 Å². The molecule has 2 aromatic carbocycles. The van der Waals surface area contributed by atoms with Crippen LogP contribution in [-0.4, -0.2) is 44.0 Å². The van der Waals surface area contributed by atoms with Crippen LogP contribution in [0.3, 0.4) is 0 Å². The molecule has 2 aromatic rings. The van der Waals surface area contributed by atoms with Gasteiger partial charge in [-0.2, -0.15) is 0 Å². The monoisotopic (exact) mass is 363 g/mol. The van der Waals surface area contributed by atoms with Crippen LogP contribution in [-0.2, 0) is 4.79 Å². The fourth-order valence-corrected chi connectivity index (χ4v) is 3.99. The SMILES string of the molecule is CN1CCN(c2ccc(NC(=O)CC(c3ccccc3)C3CC3)cc2)CC1. The number of nitrogens with one attached hydrogen (secondary N) is 1. The van der Waals surface area contributed by atoms with Crippen molar-refractivity contribution in [3.8, 4) is 0 Å². The first-order chi connectivity index (χ1) is 13.2. The van der Waals surface area contributed by atoms with E-state index in [0.29, 0.717) is 18.3 Å². The lowest BCUT2D eigenvalue weighted by molar-refractivity contribution is -0.116. The molecule has 1 aliphatic carbocycles. The van der Waals surface area contributed by atoms with E-state index in [4.69, 9.17) is 0 Å². The molecular weight excluding hydrogens is 334 g/mol. The van der Waals surface area contributed by atoms with Crippen molar-refractivity contribution in [1.82, 2.24) is 4.90 Å². The molecule has 1 saturated heterocycles. The summed E-state index contributed by atoms with van der Waals surface area (Å²) in [7, 11) is 2.17. The summed E-state index contributed by atoms with van der Waals surface area (Å²) in [6, 6.07) is 18.8. The number of likely N-dealkylation sites (N-methyl/N-ethyl adjacent to an activating group) is 1. The number of nitrogens with zero attached hydrogens (tertiary/aromatic N) is 2. The second-order valence-corrected chi connectivity index (χ2v) is 7.94. The minimum Gasteiger partial charge on any atom is -0.369 e. The molecule has 27 heavy (non-hydrogen) atoms. The molecule has 1 heterocycles. The van der Waals surface area contributed by atoms with Gasteiger partial charge in [-0.3, -0.25) is 4.79 Å². The molecule has 1 aliphatic heterocycles. The van der Waals surface area contributed by atoms with Crippen molar-refractivity contribution in [1.29, 1.82) is 0 Å². The van der Waals surface area contributed by atoms with E-state index in [9.17, 15) is 4.79 Å². The van der Waals surface area contributed by atoms with Crippen LogP contribution in [0.4, 0.5) is 11.4 Å². The molecule has 2 fully saturated rings. The van der Waals surface area contributed by atoms with Gasteiger partial charge in [-0.25, -0.2) is 0 Å². The van der Waals surface area contributed by atoms with Crippen molar-refractivity contribution in [3.05, 3.63) is 60.2 Å². The first-order valence-electron chi connectivity index (χ1n) is 10.1. The largest absolute Gasteiger partial charge is 0.369 e. The average molecular weight is 364 g/mol. The molecule has 4 nitrogen and oxygen atoms in total. The second kappa shape index (κ2) is 8.13. The van der Waals surface area contributed by atoms with Gasteiger partial charge in [0.15, 0.2) is 0 Å². The molecule has 1 amide bonds. The highest BCUT2D eigenvalue weighted by Crippen LogP contribution is 2.44. The van der Waals surface area contributed by atoms with E-state index in [1.807, 2.05) is 18.2 Å². The molecule has 0 bridgehead atoms. The quantitative estimate of drug-likeness (QED) is 0.844. The zero-order chi connectivity index (χ0) is 18.6. The van der Waals surface area contributed by atoms with E-state index in [2.05, 4.69) is 58.6 Å². The predicted molar refractivity (Wildman–Crippen MR) is 111 cm³/mol. The molecule has 0 radical (unpaired) electrons. The van der Waals surface area contributed by atoms with E-state index in [1.165, 1.54) is 24.1 Å². The van der Waals surface area contributed by atoms with Crippen LogP contribution in [0.5, 0.6) is 0 Å². The van der Waals surface area contributed by atoms with Crippen LogP contribution in [0, 0.1) is 5.92 Å². The summed E-state index contributed by atoms with van der Waals surface area (Å²) in [5.74, 6) is 1.12. The molecule has 0 aromatic heterocycles. The summed E-state index contributed by atoms with van der Waals surface area (Å²) >= 11 is 0. The Morgan fingerprint density at radius 1 is 1.00 bits per heavy atom. The maximum atomic E-state index is 12.6. The molecule has 1 atom stereocenters. The van der Waals surface area contributed by atoms with Gasteiger partial charge in [-0.05, 0) is 61.6 Å². The molecule has 1 saturated carbocycles. The van der Waals surface area contributed by atoms with Crippen molar-refractivity contribution in [3.63, 3.8) is 0 Å². The average Bonchev–Trinajstić information content (AvgIpc) is 3.53. The van der Waals surface area contributed by atoms with Gasteiger partial charge < -0.3 is 15.1 Å². The number of anilines is 2. The maximum absolute atomic E-state index is 12.6. The Balaban J connectivity index is 1.35. The lowest BCUT2D eigenvalue weighted by Gasteiger charge is -2.34. The van der Waals surface area contributed by atoms with Gasteiger partial charge in [-0.1, -0.05) is 30.3 Å². The number of benzene rings is 2. The summed E-state index contributed by atoms with van der Waals surface area (Å²) in [6.45, 7) is 4.31. The van der Waals surface area contributed by atoms with Crippen molar-refractivity contribution < 1.29 is 4.79 Å². The van der Waals surface area contributed by atoms with Crippen LogP contribution < -0.4 is 10.2 Å². The summed E-state index contributed by atoms with van der Waals surface area (Å²) in [4.78, 5) is 17.4. The minimum absolute atomic E-state index is 0.114. The summed E-state index contributed by atoms with van der Waals surface area (Å²) in [5, 5.41) is 3.10. The Morgan fingerprint density at radius 2 is 1.67 bits per heavy atom.